The first kappa shape index (κ1) is 13.3. The second-order valence-corrected chi connectivity index (χ2v) is 6.33. The number of anilines is 1. The highest BCUT2D eigenvalue weighted by atomic mass is 32.2. The van der Waals surface area contributed by atoms with E-state index in [4.69, 9.17) is 5.73 Å². The second kappa shape index (κ2) is 6.12. The van der Waals surface area contributed by atoms with E-state index in [0.29, 0.717) is 18.0 Å². The zero-order valence-electron chi connectivity index (χ0n) is 9.14. The molecular formula is C10H16N2O2S2. The molecule has 90 valence electrons. The molecule has 0 amide bonds. The van der Waals surface area contributed by atoms with Crippen molar-refractivity contribution in [1.82, 2.24) is 4.72 Å². The minimum atomic E-state index is -3.11. The molecule has 0 aliphatic rings. The molecule has 0 unspecified atom stereocenters. The summed E-state index contributed by atoms with van der Waals surface area (Å²) in [7, 11) is -3.11. The standard InChI is InChI=1S/C10H16N2O2S2/c1-2-12-16(13,14)7-6-15-10-5-3-4-9(11)8-10/h3-5,8,12H,2,6-7,11H2,1H3. The van der Waals surface area contributed by atoms with Gasteiger partial charge in [-0.15, -0.1) is 11.8 Å². The average Bonchev–Trinajstić information content (AvgIpc) is 2.17. The van der Waals surface area contributed by atoms with Crippen molar-refractivity contribution in [3.05, 3.63) is 24.3 Å². The van der Waals surface area contributed by atoms with Gasteiger partial charge in [0.05, 0.1) is 5.75 Å². The third kappa shape index (κ3) is 4.87. The highest BCUT2D eigenvalue weighted by molar-refractivity contribution is 8.00. The Bertz CT molecular complexity index is 432. The van der Waals surface area contributed by atoms with Crippen LogP contribution in [0.3, 0.4) is 0 Å². The number of hydrogen-bond donors (Lipinski definition) is 2. The molecule has 0 saturated carbocycles. The van der Waals surface area contributed by atoms with Crippen LogP contribution in [0.2, 0.25) is 0 Å². The van der Waals surface area contributed by atoms with Gasteiger partial charge in [-0.1, -0.05) is 13.0 Å². The van der Waals surface area contributed by atoms with Gasteiger partial charge < -0.3 is 5.73 Å². The Labute approximate surface area is 101 Å². The molecule has 1 aromatic rings. The maximum Gasteiger partial charge on any atom is 0.212 e. The highest BCUT2D eigenvalue weighted by Crippen LogP contribution is 2.19. The van der Waals surface area contributed by atoms with Gasteiger partial charge in [-0.25, -0.2) is 13.1 Å². The molecule has 0 spiro atoms. The number of hydrogen-bond acceptors (Lipinski definition) is 4. The molecule has 0 bridgehead atoms. The van der Waals surface area contributed by atoms with Gasteiger partial charge in [-0.3, -0.25) is 0 Å². The third-order valence-corrected chi connectivity index (χ3v) is 4.57. The SMILES string of the molecule is CCNS(=O)(=O)CCSc1cccc(N)c1. The van der Waals surface area contributed by atoms with E-state index in [0.717, 1.165) is 4.90 Å². The Morgan fingerprint density at radius 1 is 1.44 bits per heavy atom. The summed E-state index contributed by atoms with van der Waals surface area (Å²) in [6.45, 7) is 2.20. The fourth-order valence-electron chi connectivity index (χ4n) is 1.17. The topological polar surface area (TPSA) is 72.2 Å². The van der Waals surface area contributed by atoms with Crippen LogP contribution in [0.25, 0.3) is 0 Å². The van der Waals surface area contributed by atoms with E-state index < -0.39 is 10.0 Å². The van der Waals surface area contributed by atoms with Crippen LogP contribution in [-0.2, 0) is 10.0 Å². The van der Waals surface area contributed by atoms with Gasteiger partial charge >= 0.3 is 0 Å². The van der Waals surface area contributed by atoms with E-state index in [2.05, 4.69) is 4.72 Å². The number of nitrogen functional groups attached to an aromatic ring is 1. The Kier molecular flexibility index (Phi) is 5.11. The fraction of sp³-hybridized carbons (Fsp3) is 0.400. The zero-order chi connectivity index (χ0) is 12.0. The van der Waals surface area contributed by atoms with Crippen molar-refractivity contribution in [2.24, 2.45) is 0 Å². The monoisotopic (exact) mass is 260 g/mol. The van der Waals surface area contributed by atoms with E-state index in [1.807, 2.05) is 18.2 Å². The average molecular weight is 260 g/mol. The molecule has 3 N–H and O–H groups in total. The molecule has 0 atom stereocenters. The van der Waals surface area contributed by atoms with Gasteiger partial charge in [0.15, 0.2) is 0 Å². The van der Waals surface area contributed by atoms with Gasteiger partial charge in [-0.2, -0.15) is 0 Å². The lowest BCUT2D eigenvalue weighted by atomic mass is 10.3. The van der Waals surface area contributed by atoms with Gasteiger partial charge in [0, 0.05) is 22.9 Å². The number of sulfonamides is 1. The molecule has 1 rings (SSSR count). The minimum absolute atomic E-state index is 0.125. The van der Waals surface area contributed by atoms with Crippen molar-refractivity contribution in [3.63, 3.8) is 0 Å². The maximum atomic E-state index is 11.3. The van der Waals surface area contributed by atoms with Crippen molar-refractivity contribution >= 4 is 27.5 Å². The second-order valence-electron chi connectivity index (χ2n) is 3.24. The number of nitrogens with one attached hydrogen (secondary N) is 1. The van der Waals surface area contributed by atoms with E-state index in [1.54, 1.807) is 13.0 Å². The van der Waals surface area contributed by atoms with Crippen LogP contribution >= 0.6 is 11.8 Å². The predicted octanol–water partition coefficient (Wildman–Crippen LogP) is 1.30. The largest absolute Gasteiger partial charge is 0.399 e. The van der Waals surface area contributed by atoms with E-state index in [-0.39, 0.29) is 5.75 Å². The summed E-state index contributed by atoms with van der Waals surface area (Å²) >= 11 is 1.49. The van der Waals surface area contributed by atoms with Crippen molar-refractivity contribution in [2.45, 2.75) is 11.8 Å². The Balaban J connectivity index is 2.42. The van der Waals surface area contributed by atoms with Crippen molar-refractivity contribution in [2.75, 3.05) is 23.8 Å². The Morgan fingerprint density at radius 2 is 2.19 bits per heavy atom. The minimum Gasteiger partial charge on any atom is -0.399 e. The van der Waals surface area contributed by atoms with Gasteiger partial charge in [0.25, 0.3) is 0 Å². The Hall–Kier alpha value is -0.720. The molecule has 0 saturated heterocycles. The summed E-state index contributed by atoms with van der Waals surface area (Å²) in [6, 6.07) is 7.42. The first-order valence-electron chi connectivity index (χ1n) is 4.99. The smallest absolute Gasteiger partial charge is 0.212 e. The molecule has 0 aliphatic heterocycles. The molecule has 0 aliphatic carbocycles. The number of nitrogens with two attached hydrogens (primary N) is 1. The Morgan fingerprint density at radius 3 is 2.81 bits per heavy atom. The first-order valence-corrected chi connectivity index (χ1v) is 7.63. The molecule has 4 nitrogen and oxygen atoms in total. The molecule has 16 heavy (non-hydrogen) atoms. The van der Waals surface area contributed by atoms with Crippen LogP contribution in [-0.4, -0.2) is 26.5 Å². The molecule has 6 heteroatoms. The van der Waals surface area contributed by atoms with Crippen molar-refractivity contribution in [3.8, 4) is 0 Å². The van der Waals surface area contributed by atoms with E-state index in [1.165, 1.54) is 11.8 Å². The quantitative estimate of drug-likeness (QED) is 0.597. The number of benzene rings is 1. The highest BCUT2D eigenvalue weighted by Gasteiger charge is 2.07. The number of rotatable bonds is 6. The van der Waals surface area contributed by atoms with Crippen molar-refractivity contribution in [1.29, 1.82) is 0 Å². The maximum absolute atomic E-state index is 11.3. The summed E-state index contributed by atoms with van der Waals surface area (Å²) in [5.74, 6) is 0.652. The van der Waals surface area contributed by atoms with Crippen LogP contribution in [0.1, 0.15) is 6.92 Å². The fourth-order valence-corrected chi connectivity index (χ4v) is 3.59. The van der Waals surface area contributed by atoms with Crippen LogP contribution in [0.5, 0.6) is 0 Å². The normalized spacial score (nSPS) is 11.6. The summed E-state index contributed by atoms with van der Waals surface area (Å²) < 4.78 is 25.1. The zero-order valence-corrected chi connectivity index (χ0v) is 10.8. The van der Waals surface area contributed by atoms with Crippen LogP contribution < -0.4 is 10.5 Å². The van der Waals surface area contributed by atoms with Gasteiger partial charge in [0.1, 0.15) is 0 Å². The lowest BCUT2D eigenvalue weighted by molar-refractivity contribution is 0.585. The molecule has 0 radical (unpaired) electrons. The lowest BCUT2D eigenvalue weighted by Crippen LogP contribution is -2.26. The molecule has 0 fully saturated rings. The summed E-state index contributed by atoms with van der Waals surface area (Å²) in [6.07, 6.45) is 0. The molecule has 0 aromatic heterocycles. The van der Waals surface area contributed by atoms with Crippen LogP contribution in [0, 0.1) is 0 Å². The lowest BCUT2D eigenvalue weighted by Gasteiger charge is -2.04. The van der Waals surface area contributed by atoms with E-state index >= 15 is 0 Å². The predicted molar refractivity (Wildman–Crippen MR) is 69.0 cm³/mol. The summed E-state index contributed by atoms with van der Waals surface area (Å²) in [5.41, 5.74) is 6.31. The summed E-state index contributed by atoms with van der Waals surface area (Å²) in [5, 5.41) is 0. The molecule has 0 heterocycles. The molecule has 1 aromatic carbocycles. The third-order valence-electron chi connectivity index (χ3n) is 1.84. The van der Waals surface area contributed by atoms with Gasteiger partial charge in [0.2, 0.25) is 10.0 Å². The van der Waals surface area contributed by atoms with Crippen LogP contribution in [0.15, 0.2) is 29.2 Å². The van der Waals surface area contributed by atoms with Crippen LogP contribution in [0.4, 0.5) is 5.69 Å². The number of thioether (sulfide) groups is 1. The van der Waals surface area contributed by atoms with Gasteiger partial charge in [-0.05, 0) is 18.2 Å². The van der Waals surface area contributed by atoms with Crippen molar-refractivity contribution < 1.29 is 8.42 Å². The summed E-state index contributed by atoms with van der Waals surface area (Å²) in [4.78, 5) is 0.992. The van der Waals surface area contributed by atoms with E-state index in [9.17, 15) is 8.42 Å². The molecular weight excluding hydrogens is 244 g/mol. The first-order chi connectivity index (χ1) is 7.53.